The zero-order chi connectivity index (χ0) is 8.81. The van der Waals surface area contributed by atoms with E-state index in [1.807, 2.05) is 17.5 Å². The Bertz CT molecular complexity index is 284. The Balaban J connectivity index is 2.33. The van der Waals surface area contributed by atoms with E-state index in [4.69, 9.17) is 6.42 Å². The lowest BCUT2D eigenvalue weighted by Crippen LogP contribution is -2.24. The fraction of sp³-hybridized carbons (Fsp3) is 0.222. The van der Waals surface area contributed by atoms with Crippen LogP contribution in [0.25, 0.3) is 0 Å². The summed E-state index contributed by atoms with van der Waals surface area (Å²) in [6.45, 7) is 0.310. The second-order valence-corrected chi connectivity index (χ2v) is 3.27. The van der Waals surface area contributed by atoms with Crippen molar-refractivity contribution in [2.45, 2.75) is 6.42 Å². The van der Waals surface area contributed by atoms with Gasteiger partial charge in [-0.15, -0.1) is 17.8 Å². The van der Waals surface area contributed by atoms with Crippen LogP contribution in [0.2, 0.25) is 0 Å². The van der Waals surface area contributed by atoms with Gasteiger partial charge in [-0.1, -0.05) is 12.0 Å². The molecular weight excluding hydrogens is 170 g/mol. The van der Waals surface area contributed by atoms with E-state index in [2.05, 4.69) is 11.2 Å². The molecule has 1 aromatic rings. The molecule has 0 saturated heterocycles. The maximum atomic E-state index is 11.1. The fourth-order valence-electron chi connectivity index (χ4n) is 0.784. The summed E-state index contributed by atoms with van der Waals surface area (Å²) < 4.78 is 0. The molecule has 0 aromatic carbocycles. The largest absolute Gasteiger partial charge is 0.345 e. The van der Waals surface area contributed by atoms with Crippen molar-refractivity contribution < 1.29 is 4.79 Å². The van der Waals surface area contributed by atoms with Crippen LogP contribution in [0.1, 0.15) is 4.88 Å². The summed E-state index contributed by atoms with van der Waals surface area (Å²) in [6.07, 6.45) is 5.42. The van der Waals surface area contributed by atoms with Crippen LogP contribution in [0.15, 0.2) is 17.5 Å². The van der Waals surface area contributed by atoms with Crippen LogP contribution >= 0.6 is 11.3 Å². The molecule has 0 fully saturated rings. The first-order chi connectivity index (χ1) is 5.83. The zero-order valence-corrected chi connectivity index (χ0v) is 7.36. The highest BCUT2D eigenvalue weighted by molar-refractivity contribution is 7.10. The Morgan fingerprint density at radius 3 is 3.17 bits per heavy atom. The molecule has 0 bridgehead atoms. The van der Waals surface area contributed by atoms with Crippen molar-refractivity contribution in [1.82, 2.24) is 5.32 Å². The average molecular weight is 179 g/mol. The standard InChI is InChI=1S/C9H9NOS/c1-2-5-10-9(11)7-8-4-3-6-12-8/h1,3-4,6H,5,7H2,(H,10,11). The third-order valence-corrected chi connectivity index (χ3v) is 2.18. The number of hydrogen-bond acceptors (Lipinski definition) is 2. The van der Waals surface area contributed by atoms with E-state index in [1.165, 1.54) is 0 Å². The number of thiophene rings is 1. The second-order valence-electron chi connectivity index (χ2n) is 2.24. The molecule has 1 amide bonds. The molecule has 0 aliphatic rings. The van der Waals surface area contributed by atoms with Gasteiger partial charge < -0.3 is 5.32 Å². The molecule has 0 aliphatic heterocycles. The first-order valence-corrected chi connectivity index (χ1v) is 4.43. The van der Waals surface area contributed by atoms with Gasteiger partial charge in [0.25, 0.3) is 0 Å². The van der Waals surface area contributed by atoms with Gasteiger partial charge >= 0.3 is 0 Å². The number of nitrogens with one attached hydrogen (secondary N) is 1. The van der Waals surface area contributed by atoms with Crippen LogP contribution < -0.4 is 5.32 Å². The van der Waals surface area contributed by atoms with E-state index in [0.717, 1.165) is 4.88 Å². The third-order valence-electron chi connectivity index (χ3n) is 1.30. The number of terminal acetylenes is 1. The summed E-state index contributed by atoms with van der Waals surface area (Å²) in [4.78, 5) is 12.1. The van der Waals surface area contributed by atoms with Crippen LogP contribution in [0.5, 0.6) is 0 Å². The average Bonchev–Trinajstić information content (AvgIpc) is 2.53. The Morgan fingerprint density at radius 2 is 2.58 bits per heavy atom. The van der Waals surface area contributed by atoms with Crippen LogP contribution in [0, 0.1) is 12.3 Å². The molecular formula is C9H9NOS. The van der Waals surface area contributed by atoms with Crippen LogP contribution in [0.4, 0.5) is 0 Å². The molecule has 62 valence electrons. The van der Waals surface area contributed by atoms with Gasteiger partial charge in [0.2, 0.25) is 5.91 Å². The van der Waals surface area contributed by atoms with Crippen molar-refractivity contribution in [3.05, 3.63) is 22.4 Å². The number of hydrogen-bond donors (Lipinski definition) is 1. The second kappa shape index (κ2) is 4.58. The molecule has 0 atom stereocenters. The molecule has 0 unspecified atom stereocenters. The number of amides is 1. The fourth-order valence-corrected chi connectivity index (χ4v) is 1.49. The Morgan fingerprint density at radius 1 is 1.75 bits per heavy atom. The molecule has 2 nitrogen and oxygen atoms in total. The molecule has 3 heteroatoms. The number of carbonyl (C=O) groups excluding carboxylic acids is 1. The van der Waals surface area contributed by atoms with E-state index in [1.54, 1.807) is 11.3 Å². The van der Waals surface area contributed by atoms with Gasteiger partial charge in [0, 0.05) is 4.88 Å². The minimum atomic E-state index is -0.0181. The molecule has 1 rings (SSSR count). The van der Waals surface area contributed by atoms with Gasteiger partial charge in [0.15, 0.2) is 0 Å². The van der Waals surface area contributed by atoms with Gasteiger partial charge in [-0.3, -0.25) is 4.79 Å². The summed E-state index contributed by atoms with van der Waals surface area (Å²) >= 11 is 1.57. The monoisotopic (exact) mass is 179 g/mol. The van der Waals surface area contributed by atoms with Crippen LogP contribution in [0.3, 0.4) is 0 Å². The van der Waals surface area contributed by atoms with Gasteiger partial charge in [-0.05, 0) is 11.4 Å². The van der Waals surface area contributed by atoms with Gasteiger partial charge in [0.05, 0.1) is 13.0 Å². The minimum Gasteiger partial charge on any atom is -0.345 e. The normalized spacial score (nSPS) is 8.92. The van der Waals surface area contributed by atoms with Crippen molar-refractivity contribution in [1.29, 1.82) is 0 Å². The molecule has 0 spiro atoms. The predicted molar refractivity (Wildman–Crippen MR) is 49.9 cm³/mol. The van der Waals surface area contributed by atoms with Gasteiger partial charge in [-0.25, -0.2) is 0 Å². The highest BCUT2D eigenvalue weighted by Gasteiger charge is 2.01. The van der Waals surface area contributed by atoms with E-state index < -0.39 is 0 Å². The molecule has 1 aromatic heterocycles. The summed E-state index contributed by atoms with van der Waals surface area (Å²) in [7, 11) is 0. The molecule has 0 aliphatic carbocycles. The Labute approximate surface area is 75.6 Å². The molecule has 1 N–H and O–H groups in total. The van der Waals surface area contributed by atoms with Crippen LogP contribution in [-0.4, -0.2) is 12.5 Å². The number of rotatable bonds is 3. The topological polar surface area (TPSA) is 29.1 Å². The smallest absolute Gasteiger partial charge is 0.226 e. The highest BCUT2D eigenvalue weighted by Crippen LogP contribution is 2.08. The van der Waals surface area contributed by atoms with Gasteiger partial charge in [-0.2, -0.15) is 0 Å². The summed E-state index contributed by atoms with van der Waals surface area (Å²) in [5.41, 5.74) is 0. The third kappa shape index (κ3) is 2.77. The maximum Gasteiger partial charge on any atom is 0.226 e. The van der Waals surface area contributed by atoms with Crippen molar-refractivity contribution in [3.8, 4) is 12.3 Å². The Kier molecular flexibility index (Phi) is 3.36. The summed E-state index contributed by atoms with van der Waals surface area (Å²) in [5, 5.41) is 4.55. The predicted octanol–water partition coefficient (Wildman–Crippen LogP) is 1.04. The van der Waals surface area contributed by atoms with E-state index in [-0.39, 0.29) is 5.91 Å². The SMILES string of the molecule is C#CCNC(=O)Cc1cccs1. The van der Waals surface area contributed by atoms with Crippen molar-refractivity contribution in [2.24, 2.45) is 0 Å². The quantitative estimate of drug-likeness (QED) is 0.690. The van der Waals surface area contributed by atoms with E-state index >= 15 is 0 Å². The van der Waals surface area contributed by atoms with Crippen LogP contribution in [-0.2, 0) is 11.2 Å². The lowest BCUT2D eigenvalue weighted by Gasteiger charge is -1.97. The summed E-state index contributed by atoms with van der Waals surface area (Å²) in [5.74, 6) is 2.33. The maximum absolute atomic E-state index is 11.1. The van der Waals surface area contributed by atoms with Crippen molar-refractivity contribution in [2.75, 3.05) is 6.54 Å². The molecule has 0 saturated carbocycles. The molecule has 0 radical (unpaired) electrons. The zero-order valence-electron chi connectivity index (χ0n) is 6.54. The molecule has 1 heterocycles. The summed E-state index contributed by atoms with van der Waals surface area (Å²) in [6, 6.07) is 3.86. The number of carbonyl (C=O) groups is 1. The van der Waals surface area contributed by atoms with Gasteiger partial charge in [0.1, 0.15) is 0 Å². The lowest BCUT2D eigenvalue weighted by atomic mass is 10.3. The minimum absolute atomic E-state index is 0.0181. The van der Waals surface area contributed by atoms with E-state index in [0.29, 0.717) is 13.0 Å². The molecule has 12 heavy (non-hydrogen) atoms. The van der Waals surface area contributed by atoms with Crippen molar-refractivity contribution >= 4 is 17.2 Å². The highest BCUT2D eigenvalue weighted by atomic mass is 32.1. The lowest BCUT2D eigenvalue weighted by molar-refractivity contribution is -0.120. The van der Waals surface area contributed by atoms with E-state index in [9.17, 15) is 4.79 Å². The first-order valence-electron chi connectivity index (χ1n) is 3.55. The van der Waals surface area contributed by atoms with Crippen molar-refractivity contribution in [3.63, 3.8) is 0 Å². The first kappa shape index (κ1) is 8.82. The Hall–Kier alpha value is -1.27.